The van der Waals surface area contributed by atoms with Crippen LogP contribution in [-0.2, 0) is 9.59 Å². The van der Waals surface area contributed by atoms with E-state index in [0.29, 0.717) is 31.3 Å². The summed E-state index contributed by atoms with van der Waals surface area (Å²) in [5.41, 5.74) is 3.74. The zero-order valence-corrected chi connectivity index (χ0v) is 21.4. The van der Waals surface area contributed by atoms with Gasteiger partial charge in [0, 0.05) is 25.1 Å². The molecule has 1 amide bonds. The van der Waals surface area contributed by atoms with Crippen molar-refractivity contribution in [3.63, 3.8) is 0 Å². The SMILES string of the molecule is CCCC(=O)C(NCCNC(=O)C(S)CC(C)C)c1ccc(-c2ccccc2-c2nn[nH]n2)cc1. The van der Waals surface area contributed by atoms with E-state index in [2.05, 4.69) is 57.7 Å². The number of carbonyl (C=O) groups excluding carboxylic acids is 2. The molecular formula is C26H34N6O2S. The number of thiol groups is 1. The third-order valence-electron chi connectivity index (χ3n) is 5.66. The third kappa shape index (κ3) is 7.47. The first kappa shape index (κ1) is 26.6. The van der Waals surface area contributed by atoms with Crippen LogP contribution in [0.25, 0.3) is 22.5 Å². The number of rotatable bonds is 13. The highest BCUT2D eigenvalue weighted by molar-refractivity contribution is 7.81. The van der Waals surface area contributed by atoms with E-state index >= 15 is 0 Å². The second-order valence-corrected chi connectivity index (χ2v) is 9.57. The van der Waals surface area contributed by atoms with E-state index in [9.17, 15) is 9.59 Å². The van der Waals surface area contributed by atoms with Gasteiger partial charge in [0.25, 0.3) is 0 Å². The summed E-state index contributed by atoms with van der Waals surface area (Å²) in [6, 6.07) is 15.4. The molecule has 0 saturated carbocycles. The van der Waals surface area contributed by atoms with Crippen LogP contribution in [0.3, 0.4) is 0 Å². The Morgan fingerprint density at radius 2 is 1.74 bits per heavy atom. The molecule has 9 heteroatoms. The predicted molar refractivity (Wildman–Crippen MR) is 141 cm³/mol. The van der Waals surface area contributed by atoms with Crippen molar-refractivity contribution < 1.29 is 9.59 Å². The molecule has 8 nitrogen and oxygen atoms in total. The summed E-state index contributed by atoms with van der Waals surface area (Å²) in [7, 11) is 0. The summed E-state index contributed by atoms with van der Waals surface area (Å²) >= 11 is 4.39. The van der Waals surface area contributed by atoms with E-state index in [0.717, 1.165) is 35.1 Å². The van der Waals surface area contributed by atoms with Gasteiger partial charge in [0.2, 0.25) is 11.7 Å². The monoisotopic (exact) mass is 494 g/mol. The van der Waals surface area contributed by atoms with Crippen LogP contribution in [0.1, 0.15) is 51.6 Å². The number of nitrogens with one attached hydrogen (secondary N) is 3. The Hall–Kier alpha value is -3.04. The number of Topliss-reactive ketones (excluding diaryl/α,β-unsaturated/α-hetero) is 1. The first-order valence-corrected chi connectivity index (χ1v) is 12.6. The van der Waals surface area contributed by atoms with Gasteiger partial charge in [-0.3, -0.25) is 9.59 Å². The molecule has 0 radical (unpaired) electrons. The highest BCUT2D eigenvalue weighted by Gasteiger charge is 2.20. The van der Waals surface area contributed by atoms with E-state index in [1.165, 1.54) is 0 Å². The van der Waals surface area contributed by atoms with Crippen LogP contribution >= 0.6 is 12.6 Å². The summed E-state index contributed by atoms with van der Waals surface area (Å²) in [5.74, 6) is 0.983. The number of carbonyl (C=O) groups is 2. The van der Waals surface area contributed by atoms with Gasteiger partial charge in [0.1, 0.15) is 0 Å². The Balaban J connectivity index is 1.69. The molecule has 3 rings (SSSR count). The smallest absolute Gasteiger partial charge is 0.232 e. The second kappa shape index (κ2) is 13.2. The maximum absolute atomic E-state index is 12.9. The van der Waals surface area contributed by atoms with Gasteiger partial charge in [-0.2, -0.15) is 17.8 Å². The highest BCUT2D eigenvalue weighted by atomic mass is 32.1. The van der Waals surface area contributed by atoms with E-state index in [1.807, 2.05) is 55.5 Å². The minimum absolute atomic E-state index is 0.0788. The standard InChI is InChI=1S/C26H34N6O2S/c1-4-7-22(33)24(27-14-15-28-26(34)23(35)16-17(2)3)19-12-10-18(11-13-19)20-8-5-6-9-21(20)25-29-31-32-30-25/h5-6,8-13,17,23-24,27,35H,4,7,14-16H2,1-3H3,(H,28,34)(H,29,30,31,32). The molecule has 3 N–H and O–H groups in total. The molecule has 2 unspecified atom stereocenters. The lowest BCUT2D eigenvalue weighted by molar-refractivity contribution is -0.121. The van der Waals surface area contributed by atoms with Gasteiger partial charge in [-0.05, 0) is 40.7 Å². The molecule has 1 heterocycles. The van der Waals surface area contributed by atoms with Gasteiger partial charge in [0.05, 0.1) is 11.3 Å². The first-order chi connectivity index (χ1) is 16.9. The van der Waals surface area contributed by atoms with Gasteiger partial charge >= 0.3 is 0 Å². The molecule has 0 saturated heterocycles. The highest BCUT2D eigenvalue weighted by Crippen LogP contribution is 2.30. The van der Waals surface area contributed by atoms with Crippen LogP contribution < -0.4 is 10.6 Å². The molecule has 3 aromatic rings. The molecule has 0 bridgehead atoms. The van der Waals surface area contributed by atoms with Crippen molar-refractivity contribution in [2.24, 2.45) is 5.92 Å². The molecule has 0 aliphatic carbocycles. The van der Waals surface area contributed by atoms with Crippen LogP contribution in [-0.4, -0.2) is 50.7 Å². The number of tetrazole rings is 1. The number of ketones is 1. The van der Waals surface area contributed by atoms with Gasteiger partial charge in [0.15, 0.2) is 5.78 Å². The Morgan fingerprint density at radius 1 is 1.03 bits per heavy atom. The van der Waals surface area contributed by atoms with Crippen LogP contribution in [0.5, 0.6) is 0 Å². The molecule has 2 aromatic carbocycles. The van der Waals surface area contributed by atoms with Gasteiger partial charge in [-0.1, -0.05) is 69.3 Å². The number of nitrogens with zero attached hydrogens (tertiary/aromatic N) is 3. The third-order valence-corrected chi connectivity index (χ3v) is 6.10. The van der Waals surface area contributed by atoms with E-state index in [-0.39, 0.29) is 16.9 Å². The lowest BCUT2D eigenvalue weighted by atomic mass is 9.95. The first-order valence-electron chi connectivity index (χ1n) is 12.1. The van der Waals surface area contributed by atoms with Crippen molar-refractivity contribution in [3.8, 4) is 22.5 Å². The fourth-order valence-corrected chi connectivity index (χ4v) is 4.46. The topological polar surface area (TPSA) is 113 Å². The summed E-state index contributed by atoms with van der Waals surface area (Å²) in [6.07, 6.45) is 1.99. The van der Waals surface area contributed by atoms with Crippen LogP contribution in [0.2, 0.25) is 0 Å². The number of hydrogen-bond donors (Lipinski definition) is 4. The van der Waals surface area contributed by atoms with Crippen LogP contribution in [0, 0.1) is 5.92 Å². The summed E-state index contributed by atoms with van der Waals surface area (Å²) in [6.45, 7) is 7.04. The minimum atomic E-state index is -0.434. The summed E-state index contributed by atoms with van der Waals surface area (Å²) < 4.78 is 0. The molecule has 0 aliphatic heterocycles. The second-order valence-electron chi connectivity index (χ2n) is 8.94. The number of aromatic nitrogens is 4. The van der Waals surface area contributed by atoms with Crippen molar-refractivity contribution in [1.29, 1.82) is 0 Å². The van der Waals surface area contributed by atoms with Crippen LogP contribution in [0.4, 0.5) is 0 Å². The molecule has 1 aromatic heterocycles. The lowest BCUT2D eigenvalue weighted by Gasteiger charge is -2.19. The number of hydrogen-bond acceptors (Lipinski definition) is 7. The molecule has 2 atom stereocenters. The summed E-state index contributed by atoms with van der Waals surface area (Å²) in [4.78, 5) is 25.1. The zero-order chi connectivity index (χ0) is 25.2. The fourth-order valence-electron chi connectivity index (χ4n) is 3.94. The maximum Gasteiger partial charge on any atom is 0.232 e. The van der Waals surface area contributed by atoms with Crippen molar-refractivity contribution in [2.75, 3.05) is 13.1 Å². The van der Waals surface area contributed by atoms with Gasteiger partial charge in [-0.25, -0.2) is 0 Å². The normalized spacial score (nSPS) is 12.9. The zero-order valence-electron chi connectivity index (χ0n) is 20.5. The van der Waals surface area contributed by atoms with E-state index in [1.54, 1.807) is 0 Å². The van der Waals surface area contributed by atoms with E-state index in [4.69, 9.17) is 0 Å². The Labute approximate surface area is 212 Å². The molecule has 0 spiro atoms. The molecule has 186 valence electrons. The molecule has 0 aliphatic rings. The van der Waals surface area contributed by atoms with Gasteiger partial charge in [-0.15, -0.1) is 10.2 Å². The van der Waals surface area contributed by atoms with Crippen molar-refractivity contribution >= 4 is 24.3 Å². The number of amides is 1. The number of H-pyrrole nitrogens is 1. The van der Waals surface area contributed by atoms with Crippen molar-refractivity contribution in [2.45, 2.75) is 51.3 Å². The van der Waals surface area contributed by atoms with E-state index < -0.39 is 6.04 Å². The number of benzene rings is 2. The molecule has 35 heavy (non-hydrogen) atoms. The fraction of sp³-hybridized carbons (Fsp3) is 0.423. The average molecular weight is 495 g/mol. The van der Waals surface area contributed by atoms with Crippen molar-refractivity contribution in [1.82, 2.24) is 31.3 Å². The number of aromatic amines is 1. The minimum Gasteiger partial charge on any atom is -0.354 e. The summed E-state index contributed by atoms with van der Waals surface area (Å²) in [5, 5.41) is 20.3. The Kier molecular flexibility index (Phi) is 9.98. The molecule has 0 fully saturated rings. The average Bonchev–Trinajstić information content (AvgIpc) is 3.39. The van der Waals surface area contributed by atoms with Crippen molar-refractivity contribution in [3.05, 3.63) is 54.1 Å². The quantitative estimate of drug-likeness (QED) is 0.211. The van der Waals surface area contributed by atoms with Gasteiger partial charge < -0.3 is 10.6 Å². The van der Waals surface area contributed by atoms with Crippen LogP contribution in [0.15, 0.2) is 48.5 Å². The Bertz CT molecular complexity index is 1090. The lowest BCUT2D eigenvalue weighted by Crippen LogP contribution is -2.39. The molecular weight excluding hydrogens is 460 g/mol. The largest absolute Gasteiger partial charge is 0.354 e. The predicted octanol–water partition coefficient (Wildman–Crippen LogP) is 3.99. The Morgan fingerprint density at radius 3 is 2.37 bits per heavy atom. The maximum atomic E-state index is 12.9.